The minimum atomic E-state index is -4.33. The Bertz CT molecular complexity index is 967. The highest BCUT2D eigenvalue weighted by atomic mass is 32.2. The van der Waals surface area contributed by atoms with E-state index in [1.807, 2.05) is 6.08 Å². The van der Waals surface area contributed by atoms with Crippen molar-refractivity contribution in [1.82, 2.24) is 5.32 Å². The van der Waals surface area contributed by atoms with Gasteiger partial charge in [-0.3, -0.25) is 9.35 Å². The Hall–Kier alpha value is -1.96. The van der Waals surface area contributed by atoms with Gasteiger partial charge in [0.15, 0.2) is 0 Å². The van der Waals surface area contributed by atoms with Crippen molar-refractivity contribution >= 4 is 16.0 Å². The molecule has 0 aromatic heterocycles. The first kappa shape index (κ1) is 45.0. The predicted octanol–water partition coefficient (Wildman–Crippen LogP) is 10.9. The Morgan fingerprint density at radius 3 is 1.43 bits per heavy atom. The van der Waals surface area contributed by atoms with Gasteiger partial charge in [0, 0.05) is 6.42 Å². The van der Waals surface area contributed by atoms with Gasteiger partial charge in [-0.05, 0) is 51.4 Å². The zero-order valence-electron chi connectivity index (χ0n) is 30.1. The molecule has 6 nitrogen and oxygen atoms in total. The second kappa shape index (κ2) is 33.9. The largest absolute Gasteiger partial charge is 0.391 e. The van der Waals surface area contributed by atoms with Crippen LogP contribution in [0.4, 0.5) is 0 Å². The van der Waals surface area contributed by atoms with Gasteiger partial charge < -0.3 is 10.4 Å². The van der Waals surface area contributed by atoms with Gasteiger partial charge in [0.2, 0.25) is 5.91 Å². The molecule has 0 heterocycles. The summed E-state index contributed by atoms with van der Waals surface area (Å²) in [5, 5.41) is 13.3. The highest BCUT2D eigenvalue weighted by molar-refractivity contribution is 7.85. The first-order valence-electron chi connectivity index (χ1n) is 19.0. The summed E-state index contributed by atoms with van der Waals surface area (Å²) in [4.78, 5) is 12.5. The van der Waals surface area contributed by atoms with Crippen LogP contribution in [-0.2, 0) is 14.9 Å². The summed E-state index contributed by atoms with van der Waals surface area (Å²) < 4.78 is 32.4. The number of allylic oxidation sites excluding steroid dienone is 10. The fourth-order valence-corrected chi connectivity index (χ4v) is 6.19. The van der Waals surface area contributed by atoms with Crippen LogP contribution in [-0.4, -0.2) is 41.9 Å². The van der Waals surface area contributed by atoms with Crippen LogP contribution in [0.2, 0.25) is 0 Å². The lowest BCUT2D eigenvalue weighted by atomic mass is 10.0. The Morgan fingerprint density at radius 2 is 1.00 bits per heavy atom. The minimum absolute atomic E-state index is 0.238. The van der Waals surface area contributed by atoms with E-state index in [1.165, 1.54) is 77.0 Å². The third kappa shape index (κ3) is 35.2. The van der Waals surface area contributed by atoms with Crippen molar-refractivity contribution in [3.05, 3.63) is 60.8 Å². The fourth-order valence-electron chi connectivity index (χ4n) is 5.43. The number of nitrogens with one attached hydrogen (secondary N) is 1. The van der Waals surface area contributed by atoms with E-state index in [1.54, 1.807) is 0 Å². The molecule has 0 bridgehead atoms. The van der Waals surface area contributed by atoms with E-state index in [0.717, 1.165) is 57.8 Å². The maximum atomic E-state index is 12.5. The number of rotatable bonds is 33. The van der Waals surface area contributed by atoms with Crippen LogP contribution in [0.3, 0.4) is 0 Å². The quantitative estimate of drug-likeness (QED) is 0.0364. The van der Waals surface area contributed by atoms with Crippen LogP contribution in [0.25, 0.3) is 0 Å². The number of amides is 1. The average molecular weight is 678 g/mol. The molecule has 0 aromatic carbocycles. The summed E-state index contributed by atoms with van der Waals surface area (Å²) in [6.45, 7) is 4.39. The summed E-state index contributed by atoms with van der Waals surface area (Å²) in [6.07, 6.45) is 46.0. The maximum absolute atomic E-state index is 12.5. The van der Waals surface area contributed by atoms with E-state index in [9.17, 15) is 22.9 Å². The second-order valence-corrected chi connectivity index (χ2v) is 14.3. The normalized spacial score (nSPS) is 14.0. The average Bonchev–Trinajstić information content (AvgIpc) is 3.03. The molecule has 7 heteroatoms. The van der Waals surface area contributed by atoms with Crippen LogP contribution in [0.15, 0.2) is 60.8 Å². The molecule has 0 fully saturated rings. The lowest BCUT2D eigenvalue weighted by molar-refractivity contribution is -0.122. The molecular weight excluding hydrogens is 607 g/mol. The monoisotopic (exact) mass is 678 g/mol. The number of aliphatic hydroxyl groups excluding tert-OH is 1. The van der Waals surface area contributed by atoms with Crippen LogP contribution >= 0.6 is 0 Å². The highest BCUT2D eigenvalue weighted by Gasteiger charge is 2.26. The molecule has 2 atom stereocenters. The molecular formula is C40H71NO5S. The molecule has 0 aromatic rings. The van der Waals surface area contributed by atoms with E-state index in [4.69, 9.17) is 0 Å². The second-order valence-electron chi connectivity index (χ2n) is 12.8. The molecule has 0 rings (SSSR count). The van der Waals surface area contributed by atoms with Crippen molar-refractivity contribution < 1.29 is 22.9 Å². The zero-order chi connectivity index (χ0) is 34.7. The van der Waals surface area contributed by atoms with Crippen molar-refractivity contribution in [2.45, 2.75) is 180 Å². The van der Waals surface area contributed by atoms with Crippen LogP contribution in [0.5, 0.6) is 0 Å². The summed E-state index contributed by atoms with van der Waals surface area (Å²) >= 11 is 0. The van der Waals surface area contributed by atoms with Gasteiger partial charge in [0.1, 0.15) is 0 Å². The summed E-state index contributed by atoms with van der Waals surface area (Å²) in [5.74, 6) is -0.977. The van der Waals surface area contributed by atoms with Gasteiger partial charge in [0.25, 0.3) is 10.1 Å². The smallest absolute Gasteiger partial charge is 0.266 e. The molecule has 0 spiro atoms. The van der Waals surface area contributed by atoms with Gasteiger partial charge in [-0.2, -0.15) is 8.42 Å². The van der Waals surface area contributed by atoms with Crippen LogP contribution in [0.1, 0.15) is 168 Å². The molecule has 0 saturated heterocycles. The fraction of sp³-hybridized carbons (Fsp3) is 0.725. The molecule has 1 amide bonds. The van der Waals surface area contributed by atoms with Crippen molar-refractivity contribution in [2.24, 2.45) is 0 Å². The number of carbonyl (C=O) groups excluding carboxylic acids is 1. The van der Waals surface area contributed by atoms with Crippen LogP contribution < -0.4 is 5.32 Å². The number of hydrogen-bond donors (Lipinski definition) is 3. The first-order valence-corrected chi connectivity index (χ1v) is 20.6. The van der Waals surface area contributed by atoms with Crippen molar-refractivity contribution in [3.63, 3.8) is 0 Å². The molecule has 0 aliphatic rings. The Balaban J connectivity index is 4.04. The SMILES string of the molecule is CC/C=C\C/C=C\C/C=C\C/C=C\C/C=C\CCCC(=O)NC(CS(=O)(=O)O)C(O)CCCCCCCCCCCCCCCCC. The highest BCUT2D eigenvalue weighted by Crippen LogP contribution is 2.15. The van der Waals surface area contributed by atoms with Gasteiger partial charge >= 0.3 is 0 Å². The van der Waals surface area contributed by atoms with Gasteiger partial charge in [-0.1, -0.05) is 171 Å². The minimum Gasteiger partial charge on any atom is -0.391 e. The van der Waals surface area contributed by atoms with Gasteiger partial charge in [-0.25, -0.2) is 0 Å². The zero-order valence-corrected chi connectivity index (χ0v) is 30.9. The summed E-state index contributed by atoms with van der Waals surface area (Å²) in [5.41, 5.74) is 0. The lowest BCUT2D eigenvalue weighted by Gasteiger charge is -2.23. The third-order valence-corrected chi connectivity index (χ3v) is 9.02. The Morgan fingerprint density at radius 1 is 0.596 bits per heavy atom. The number of carbonyl (C=O) groups is 1. The third-order valence-electron chi connectivity index (χ3n) is 8.24. The maximum Gasteiger partial charge on any atom is 0.266 e. The Labute approximate surface area is 290 Å². The number of unbranched alkanes of at least 4 members (excludes halogenated alkanes) is 15. The molecule has 3 N–H and O–H groups in total. The molecule has 47 heavy (non-hydrogen) atoms. The topological polar surface area (TPSA) is 104 Å². The first-order chi connectivity index (χ1) is 22.8. The van der Waals surface area contributed by atoms with Crippen molar-refractivity contribution in [2.75, 3.05) is 5.75 Å². The molecule has 0 radical (unpaired) electrons. The van der Waals surface area contributed by atoms with E-state index >= 15 is 0 Å². The standard InChI is InChI=1S/C40H71NO5S/c1-3-5-7-9-11-13-15-17-19-20-22-24-26-28-30-32-34-36-40(43)41-38(37-47(44,45)46)39(42)35-33-31-29-27-25-23-21-18-16-14-12-10-8-6-4-2/h5,7,11,13,17,19,22,24,28,30,38-39,42H,3-4,6,8-10,12,14-16,18,20-21,23,25-27,29,31-37H2,1-2H3,(H,41,43)(H,44,45,46)/b7-5-,13-11-,19-17-,24-22-,30-28-. The predicted molar refractivity (Wildman–Crippen MR) is 202 cm³/mol. The van der Waals surface area contributed by atoms with Crippen molar-refractivity contribution in [3.8, 4) is 0 Å². The number of aliphatic hydroxyl groups is 1. The lowest BCUT2D eigenvalue weighted by Crippen LogP contribution is -2.47. The van der Waals surface area contributed by atoms with E-state index in [2.05, 4.69) is 73.8 Å². The molecule has 0 aliphatic carbocycles. The molecule has 272 valence electrons. The Kier molecular flexibility index (Phi) is 32.5. The van der Waals surface area contributed by atoms with E-state index < -0.39 is 28.0 Å². The molecule has 0 saturated carbocycles. The van der Waals surface area contributed by atoms with Gasteiger partial charge in [-0.15, -0.1) is 0 Å². The number of hydrogen-bond acceptors (Lipinski definition) is 4. The van der Waals surface area contributed by atoms with Crippen molar-refractivity contribution in [1.29, 1.82) is 0 Å². The molecule has 2 unspecified atom stereocenters. The molecule has 0 aliphatic heterocycles. The van der Waals surface area contributed by atoms with E-state index in [0.29, 0.717) is 12.8 Å². The summed E-state index contributed by atoms with van der Waals surface area (Å²) in [6, 6.07) is -1.00. The summed E-state index contributed by atoms with van der Waals surface area (Å²) in [7, 11) is -4.33. The van der Waals surface area contributed by atoms with Crippen LogP contribution in [0, 0.1) is 0 Å². The van der Waals surface area contributed by atoms with E-state index in [-0.39, 0.29) is 12.3 Å². The van der Waals surface area contributed by atoms with Gasteiger partial charge in [0.05, 0.1) is 17.9 Å².